The molecule has 1 heterocycles. The van der Waals surface area contributed by atoms with Crippen LogP contribution in [-0.4, -0.2) is 15.6 Å². The van der Waals surface area contributed by atoms with E-state index in [0.29, 0.717) is 17.0 Å². The first-order chi connectivity index (χ1) is 12.0. The number of amides is 1. The molecule has 25 heavy (non-hydrogen) atoms. The largest absolute Gasteiger partial charge is 0.493 e. The Morgan fingerprint density at radius 1 is 1.24 bits per heavy atom. The number of aromatic nitrogens is 1. The highest BCUT2D eigenvalue weighted by atomic mass is 35.5. The van der Waals surface area contributed by atoms with Gasteiger partial charge in [0.2, 0.25) is 5.88 Å². The summed E-state index contributed by atoms with van der Waals surface area (Å²) in [5.41, 5.74) is 1.17. The molecular formula is C18H13Cl2N3O2. The quantitative estimate of drug-likeness (QED) is 0.466. The van der Waals surface area contributed by atoms with Crippen molar-refractivity contribution in [3.05, 3.63) is 70.7 Å². The third-order valence-electron chi connectivity index (χ3n) is 3.63. The second kappa shape index (κ2) is 7.09. The number of halogens is 2. The molecule has 2 aromatic carbocycles. The molecular weight excluding hydrogens is 361 g/mol. The van der Waals surface area contributed by atoms with Gasteiger partial charge in [0.25, 0.3) is 5.91 Å². The molecule has 1 aromatic heterocycles. The van der Waals surface area contributed by atoms with E-state index in [2.05, 4.69) is 16.8 Å². The highest BCUT2D eigenvalue weighted by Gasteiger charge is 2.16. The SMILES string of the molecule is C=CCn1c(O)c(N=NC(=O)c2ccc(Cl)cc2Cl)c2ccccc21. The van der Waals surface area contributed by atoms with Gasteiger partial charge >= 0.3 is 0 Å². The third kappa shape index (κ3) is 3.29. The maximum atomic E-state index is 12.2. The smallest absolute Gasteiger partial charge is 0.296 e. The summed E-state index contributed by atoms with van der Waals surface area (Å²) < 4.78 is 1.64. The second-order valence-electron chi connectivity index (χ2n) is 5.22. The minimum atomic E-state index is -0.624. The molecule has 0 aliphatic heterocycles. The van der Waals surface area contributed by atoms with Crippen molar-refractivity contribution in [2.45, 2.75) is 6.54 Å². The number of hydrogen-bond donors (Lipinski definition) is 1. The first kappa shape index (κ1) is 17.2. The van der Waals surface area contributed by atoms with Gasteiger partial charge in [-0.3, -0.25) is 4.79 Å². The van der Waals surface area contributed by atoms with E-state index in [4.69, 9.17) is 23.2 Å². The fraction of sp³-hybridized carbons (Fsp3) is 0.0556. The van der Waals surface area contributed by atoms with Crippen molar-refractivity contribution in [3.8, 4) is 5.88 Å². The van der Waals surface area contributed by atoms with Gasteiger partial charge in [-0.1, -0.05) is 47.5 Å². The average molecular weight is 374 g/mol. The summed E-state index contributed by atoms with van der Waals surface area (Å²) in [5, 5.41) is 19.4. The fourth-order valence-corrected chi connectivity index (χ4v) is 2.99. The van der Waals surface area contributed by atoms with Gasteiger partial charge in [0.05, 0.1) is 16.1 Å². The highest BCUT2D eigenvalue weighted by Crippen LogP contribution is 2.38. The summed E-state index contributed by atoms with van der Waals surface area (Å²) >= 11 is 11.8. The first-order valence-corrected chi connectivity index (χ1v) is 8.10. The predicted octanol–water partition coefficient (Wildman–Crippen LogP) is 5.76. The summed E-state index contributed by atoms with van der Waals surface area (Å²) in [4.78, 5) is 12.2. The molecule has 0 saturated heterocycles. The van der Waals surface area contributed by atoms with E-state index in [1.165, 1.54) is 12.1 Å². The summed E-state index contributed by atoms with van der Waals surface area (Å²) in [5.74, 6) is -0.707. The molecule has 0 saturated carbocycles. The Morgan fingerprint density at radius 2 is 2.00 bits per heavy atom. The molecule has 0 unspecified atom stereocenters. The van der Waals surface area contributed by atoms with Gasteiger partial charge in [-0.05, 0) is 24.3 Å². The Kier molecular flexibility index (Phi) is 4.88. The molecule has 1 N–H and O–H groups in total. The summed E-state index contributed by atoms with van der Waals surface area (Å²) in [6, 6.07) is 11.8. The van der Waals surface area contributed by atoms with Crippen molar-refractivity contribution < 1.29 is 9.90 Å². The lowest BCUT2D eigenvalue weighted by molar-refractivity contribution is 0.0995. The number of hydrogen-bond acceptors (Lipinski definition) is 3. The molecule has 0 spiro atoms. The number of carbonyl (C=O) groups is 1. The van der Waals surface area contributed by atoms with Crippen molar-refractivity contribution in [2.75, 3.05) is 0 Å². The zero-order valence-corrected chi connectivity index (χ0v) is 14.5. The van der Waals surface area contributed by atoms with Crippen LogP contribution < -0.4 is 0 Å². The molecule has 5 nitrogen and oxygen atoms in total. The van der Waals surface area contributed by atoms with Crippen molar-refractivity contribution in [2.24, 2.45) is 10.2 Å². The Hall–Kier alpha value is -2.63. The van der Waals surface area contributed by atoms with Crippen LogP contribution in [0.25, 0.3) is 10.9 Å². The number of allylic oxidation sites excluding steroid dienone is 1. The van der Waals surface area contributed by atoms with Crippen LogP contribution in [0.15, 0.2) is 65.3 Å². The fourth-order valence-electron chi connectivity index (χ4n) is 2.50. The number of fused-ring (bicyclic) bond motifs is 1. The van der Waals surface area contributed by atoms with Gasteiger partial charge in [0, 0.05) is 17.0 Å². The molecule has 126 valence electrons. The minimum absolute atomic E-state index is 0.0835. The van der Waals surface area contributed by atoms with Crippen molar-refractivity contribution in [3.63, 3.8) is 0 Å². The van der Waals surface area contributed by atoms with Crippen LogP contribution in [0.1, 0.15) is 10.4 Å². The molecule has 1 amide bonds. The number of benzene rings is 2. The molecule has 0 bridgehead atoms. The van der Waals surface area contributed by atoms with Crippen molar-refractivity contribution in [1.29, 1.82) is 0 Å². The van der Waals surface area contributed by atoms with Crippen LogP contribution in [0.5, 0.6) is 5.88 Å². The maximum absolute atomic E-state index is 12.2. The third-order valence-corrected chi connectivity index (χ3v) is 4.18. The normalized spacial score (nSPS) is 11.3. The molecule has 0 aliphatic rings. The molecule has 0 fully saturated rings. The molecule has 0 aliphatic carbocycles. The van der Waals surface area contributed by atoms with Crippen LogP contribution in [0.2, 0.25) is 10.0 Å². The van der Waals surface area contributed by atoms with E-state index in [1.54, 1.807) is 22.8 Å². The zero-order chi connectivity index (χ0) is 18.0. The minimum Gasteiger partial charge on any atom is -0.493 e. The Morgan fingerprint density at radius 3 is 2.72 bits per heavy atom. The predicted molar refractivity (Wildman–Crippen MR) is 99.1 cm³/mol. The number of nitrogens with zero attached hydrogens (tertiary/aromatic N) is 3. The number of carbonyl (C=O) groups excluding carboxylic acids is 1. The van der Waals surface area contributed by atoms with Gasteiger partial charge in [0.15, 0.2) is 5.69 Å². The lowest BCUT2D eigenvalue weighted by atomic mass is 10.2. The lowest BCUT2D eigenvalue weighted by Gasteiger charge is -2.01. The van der Waals surface area contributed by atoms with E-state index in [1.807, 2.05) is 18.2 Å². The van der Waals surface area contributed by atoms with Crippen LogP contribution in [0.4, 0.5) is 5.69 Å². The Labute approximate surface area is 153 Å². The van der Waals surface area contributed by atoms with Crippen molar-refractivity contribution in [1.82, 2.24) is 4.57 Å². The molecule has 3 aromatic rings. The summed E-state index contributed by atoms with van der Waals surface area (Å²) in [6.45, 7) is 4.08. The van der Waals surface area contributed by atoms with Gasteiger partial charge in [0.1, 0.15) is 0 Å². The number of para-hydroxylation sites is 1. The van der Waals surface area contributed by atoms with Crippen molar-refractivity contribution >= 4 is 45.7 Å². The van der Waals surface area contributed by atoms with Gasteiger partial charge < -0.3 is 9.67 Å². The zero-order valence-electron chi connectivity index (χ0n) is 13.0. The molecule has 3 rings (SSSR count). The van der Waals surface area contributed by atoms with Gasteiger partial charge in [-0.2, -0.15) is 0 Å². The Balaban J connectivity index is 2.02. The lowest BCUT2D eigenvalue weighted by Crippen LogP contribution is -1.94. The average Bonchev–Trinajstić information content (AvgIpc) is 2.85. The van der Waals surface area contributed by atoms with Gasteiger partial charge in [-0.25, -0.2) is 0 Å². The van der Waals surface area contributed by atoms with Crippen LogP contribution in [0, 0.1) is 0 Å². The number of aromatic hydroxyl groups is 1. The second-order valence-corrected chi connectivity index (χ2v) is 6.06. The molecule has 0 radical (unpaired) electrons. The van der Waals surface area contributed by atoms with Gasteiger partial charge in [-0.15, -0.1) is 16.8 Å². The standard InChI is InChI=1S/C18H13Cl2N3O2/c1-2-9-23-15-6-4-3-5-13(15)16(18(23)25)21-22-17(24)12-8-7-11(19)10-14(12)20/h2-8,10,25H,1,9H2. The number of rotatable bonds is 4. The Bertz CT molecular complexity index is 1010. The van der Waals surface area contributed by atoms with Crippen LogP contribution in [0.3, 0.4) is 0 Å². The molecule has 7 heteroatoms. The topological polar surface area (TPSA) is 66.9 Å². The van der Waals surface area contributed by atoms with E-state index < -0.39 is 5.91 Å². The summed E-state index contributed by atoms with van der Waals surface area (Å²) in [7, 11) is 0. The van der Waals surface area contributed by atoms with Crippen LogP contribution >= 0.6 is 23.2 Å². The van der Waals surface area contributed by atoms with E-state index in [-0.39, 0.29) is 22.2 Å². The maximum Gasteiger partial charge on any atom is 0.296 e. The number of azo groups is 1. The van der Waals surface area contributed by atoms with E-state index in [0.717, 1.165) is 5.52 Å². The van der Waals surface area contributed by atoms with E-state index >= 15 is 0 Å². The summed E-state index contributed by atoms with van der Waals surface area (Å²) in [6.07, 6.45) is 1.66. The van der Waals surface area contributed by atoms with Crippen LogP contribution in [-0.2, 0) is 6.54 Å². The highest BCUT2D eigenvalue weighted by molar-refractivity contribution is 6.36. The first-order valence-electron chi connectivity index (χ1n) is 7.35. The molecule has 0 atom stereocenters. The van der Waals surface area contributed by atoms with E-state index in [9.17, 15) is 9.90 Å². The monoisotopic (exact) mass is 373 g/mol.